The highest BCUT2D eigenvalue weighted by Crippen LogP contribution is 2.31. The normalized spacial score (nSPS) is 15.6. The number of likely N-dealkylation sites (tertiary alicyclic amines) is 1. The summed E-state index contributed by atoms with van der Waals surface area (Å²) in [6.45, 7) is 5.81. The van der Waals surface area contributed by atoms with E-state index in [0.29, 0.717) is 22.7 Å². The monoisotopic (exact) mass is 708 g/mol. The molecule has 2 atom stereocenters. The van der Waals surface area contributed by atoms with Gasteiger partial charge >= 0.3 is 12.1 Å². The van der Waals surface area contributed by atoms with Crippen LogP contribution >= 0.6 is 0 Å². The van der Waals surface area contributed by atoms with Gasteiger partial charge in [0, 0.05) is 23.7 Å². The fourth-order valence-electron chi connectivity index (χ4n) is 4.81. The van der Waals surface area contributed by atoms with Gasteiger partial charge in [0.25, 0.3) is 0 Å². The molecule has 0 spiro atoms. The maximum Gasteiger partial charge on any atom is 0.417 e. The molecule has 0 aliphatic carbocycles. The summed E-state index contributed by atoms with van der Waals surface area (Å²) in [6, 6.07) is 12.1. The Morgan fingerprint density at radius 1 is 0.824 bits per heavy atom. The van der Waals surface area contributed by atoms with Crippen molar-refractivity contribution in [1.29, 1.82) is 0 Å². The molecule has 0 aromatic heterocycles. The molecule has 51 heavy (non-hydrogen) atoms. The molecular weight excluding hydrogens is 664 g/mol. The highest BCUT2D eigenvalue weighted by Gasteiger charge is 2.48. The van der Waals surface area contributed by atoms with E-state index in [2.05, 4.69) is 31.5 Å². The summed E-state index contributed by atoms with van der Waals surface area (Å²) in [5, 5.41) is 18.4. The van der Waals surface area contributed by atoms with E-state index in [1.807, 2.05) is 0 Å². The largest absolute Gasteiger partial charge is 0.464 e. The Hall–Kier alpha value is -5.71. The molecule has 1 saturated heterocycles. The molecule has 0 saturated carbocycles. The first kappa shape index (κ1) is 39.7. The Balaban J connectivity index is 1.36. The molecule has 6 N–H and O–H groups in total. The van der Waals surface area contributed by atoms with Crippen LogP contribution in [0.25, 0.3) is 0 Å². The number of hydrogen-bond donors (Lipinski definition) is 5. The zero-order chi connectivity index (χ0) is 37.6. The molecular formula is C34H44N8O9. The summed E-state index contributed by atoms with van der Waals surface area (Å²) in [6.07, 6.45) is -0.408. The van der Waals surface area contributed by atoms with Crippen molar-refractivity contribution < 1.29 is 43.0 Å². The lowest BCUT2D eigenvalue weighted by molar-refractivity contribution is -0.151. The third kappa shape index (κ3) is 13.3. The standard InChI is InChI=1S/C34H44N8O9/c1-5-50-32(48)26-17-21(31(47)42(26)33(49)51-34(2,3)4)7-6-8-27(43)36-19-29(45)37-20-30(46)39-23-11-15-25(16-12-23)41-40-24-13-9-22(10-14-24)38-28(44)18-35/h9-16,21,26H,5-8,17-20,35H2,1-4H3,(H,36,43)(H,37,45)(H,38,44)(H,39,46)/t21?,26-/m1/s1. The molecule has 3 rings (SSSR count). The van der Waals surface area contributed by atoms with Crippen LogP contribution in [0.5, 0.6) is 0 Å². The number of rotatable bonds is 15. The number of nitrogens with one attached hydrogen (secondary N) is 4. The lowest BCUT2D eigenvalue weighted by Crippen LogP contribution is -2.46. The van der Waals surface area contributed by atoms with Crippen LogP contribution in [0.15, 0.2) is 58.8 Å². The number of nitrogens with zero attached hydrogens (tertiary/aromatic N) is 3. The number of benzene rings is 2. The Kier molecular flexibility index (Phi) is 14.7. The Bertz CT molecular complexity index is 1600. The van der Waals surface area contributed by atoms with Crippen molar-refractivity contribution in [2.24, 2.45) is 21.9 Å². The first-order valence-electron chi connectivity index (χ1n) is 16.4. The van der Waals surface area contributed by atoms with Crippen molar-refractivity contribution in [3.8, 4) is 0 Å². The van der Waals surface area contributed by atoms with Crippen LogP contribution in [0.1, 0.15) is 53.4 Å². The van der Waals surface area contributed by atoms with Gasteiger partial charge in [-0.3, -0.25) is 24.0 Å². The molecule has 2 aromatic rings. The van der Waals surface area contributed by atoms with Gasteiger partial charge < -0.3 is 36.5 Å². The zero-order valence-corrected chi connectivity index (χ0v) is 29.0. The number of anilines is 2. The van der Waals surface area contributed by atoms with Gasteiger partial charge in [0.05, 0.1) is 37.6 Å². The zero-order valence-electron chi connectivity index (χ0n) is 29.0. The van der Waals surface area contributed by atoms with E-state index in [0.717, 1.165) is 4.90 Å². The molecule has 1 heterocycles. The quantitative estimate of drug-likeness (QED) is 0.134. The third-order valence-electron chi connectivity index (χ3n) is 7.17. The van der Waals surface area contributed by atoms with Crippen molar-refractivity contribution in [2.45, 2.75) is 65.0 Å². The fourth-order valence-corrected chi connectivity index (χ4v) is 4.81. The number of ether oxygens (including phenoxy) is 2. The van der Waals surface area contributed by atoms with Crippen molar-refractivity contribution in [2.75, 3.05) is 36.9 Å². The first-order chi connectivity index (χ1) is 24.2. The second kappa shape index (κ2) is 18.9. The minimum atomic E-state index is -1.11. The fraction of sp³-hybridized carbons (Fsp3) is 0.441. The van der Waals surface area contributed by atoms with Gasteiger partial charge in [0.15, 0.2) is 0 Å². The summed E-state index contributed by atoms with van der Waals surface area (Å²) in [7, 11) is 0. The maximum atomic E-state index is 13.0. The average molecular weight is 709 g/mol. The van der Waals surface area contributed by atoms with E-state index in [1.54, 1.807) is 76.2 Å². The van der Waals surface area contributed by atoms with Gasteiger partial charge in [-0.15, -0.1) is 0 Å². The van der Waals surface area contributed by atoms with Gasteiger partial charge in [0.1, 0.15) is 11.6 Å². The molecule has 1 unspecified atom stereocenters. The molecule has 6 amide bonds. The number of azo groups is 1. The van der Waals surface area contributed by atoms with Crippen LogP contribution in [0.4, 0.5) is 27.5 Å². The number of esters is 1. The molecule has 274 valence electrons. The smallest absolute Gasteiger partial charge is 0.417 e. The van der Waals surface area contributed by atoms with Crippen molar-refractivity contribution >= 4 is 64.3 Å². The molecule has 1 aliphatic rings. The van der Waals surface area contributed by atoms with Gasteiger partial charge in [-0.2, -0.15) is 10.2 Å². The topological polar surface area (TPSA) is 240 Å². The molecule has 17 heteroatoms. The molecule has 0 bridgehead atoms. The molecule has 17 nitrogen and oxygen atoms in total. The van der Waals surface area contributed by atoms with E-state index in [1.165, 1.54) is 0 Å². The summed E-state index contributed by atoms with van der Waals surface area (Å²) >= 11 is 0. The lowest BCUT2D eigenvalue weighted by Gasteiger charge is -2.26. The number of imide groups is 1. The summed E-state index contributed by atoms with van der Waals surface area (Å²) in [5.41, 5.74) is 6.53. The predicted octanol–water partition coefficient (Wildman–Crippen LogP) is 3.06. The minimum Gasteiger partial charge on any atom is -0.464 e. The molecule has 1 fully saturated rings. The molecule has 2 aromatic carbocycles. The van der Waals surface area contributed by atoms with E-state index < -0.39 is 53.3 Å². The van der Waals surface area contributed by atoms with Crippen LogP contribution in [0, 0.1) is 5.92 Å². The van der Waals surface area contributed by atoms with Crippen LogP contribution in [0.3, 0.4) is 0 Å². The first-order valence-corrected chi connectivity index (χ1v) is 16.4. The van der Waals surface area contributed by atoms with Gasteiger partial charge in [0.2, 0.25) is 29.5 Å². The second-order valence-corrected chi connectivity index (χ2v) is 12.4. The van der Waals surface area contributed by atoms with Crippen LogP contribution in [-0.4, -0.2) is 84.4 Å². The van der Waals surface area contributed by atoms with Gasteiger partial charge in [-0.25, -0.2) is 14.5 Å². The Labute approximate surface area is 295 Å². The van der Waals surface area contributed by atoms with Crippen molar-refractivity contribution in [3.05, 3.63) is 48.5 Å². The number of amides is 6. The number of nitrogens with two attached hydrogens (primary N) is 1. The van der Waals surface area contributed by atoms with Crippen LogP contribution < -0.4 is 27.0 Å². The van der Waals surface area contributed by atoms with Crippen molar-refractivity contribution in [1.82, 2.24) is 15.5 Å². The Morgan fingerprint density at radius 2 is 1.35 bits per heavy atom. The lowest BCUT2D eigenvalue weighted by atomic mass is 9.98. The predicted molar refractivity (Wildman–Crippen MR) is 185 cm³/mol. The summed E-state index contributed by atoms with van der Waals surface area (Å²) in [4.78, 5) is 87.2. The van der Waals surface area contributed by atoms with Crippen LogP contribution in [-0.2, 0) is 38.2 Å². The molecule has 1 aliphatic heterocycles. The van der Waals surface area contributed by atoms with Crippen molar-refractivity contribution in [3.63, 3.8) is 0 Å². The van der Waals surface area contributed by atoms with E-state index in [9.17, 15) is 33.6 Å². The number of carbonyl (C=O) groups excluding carboxylic acids is 7. The number of hydrogen-bond acceptors (Lipinski definition) is 12. The minimum absolute atomic E-state index is 0.00915. The average Bonchev–Trinajstić information content (AvgIpc) is 3.42. The number of carbonyl (C=O) groups is 7. The van der Waals surface area contributed by atoms with Gasteiger partial charge in [-0.1, -0.05) is 0 Å². The molecule has 0 radical (unpaired) electrons. The van der Waals surface area contributed by atoms with E-state index in [4.69, 9.17) is 15.2 Å². The highest BCUT2D eigenvalue weighted by atomic mass is 16.6. The van der Waals surface area contributed by atoms with E-state index in [-0.39, 0.29) is 57.8 Å². The highest BCUT2D eigenvalue weighted by molar-refractivity contribution is 6.01. The van der Waals surface area contributed by atoms with Crippen LogP contribution in [0.2, 0.25) is 0 Å². The van der Waals surface area contributed by atoms with E-state index >= 15 is 0 Å². The SMILES string of the molecule is CCOC(=O)[C@H]1CC(CCCC(=O)NCC(=O)NCC(=O)Nc2ccc(N=Nc3ccc(NC(=O)CN)cc3)cc2)C(=O)N1C(=O)OC(C)(C)C. The second-order valence-electron chi connectivity index (χ2n) is 12.4. The Morgan fingerprint density at radius 3 is 1.88 bits per heavy atom. The summed E-state index contributed by atoms with van der Waals surface area (Å²) < 4.78 is 10.4. The summed E-state index contributed by atoms with van der Waals surface area (Å²) in [5.74, 6) is -3.80. The van der Waals surface area contributed by atoms with Gasteiger partial charge in [-0.05, 0) is 95.5 Å². The third-order valence-corrected chi connectivity index (χ3v) is 7.17. The maximum absolute atomic E-state index is 13.0.